The molecule has 0 spiro atoms. The number of halogens is 2. The van der Waals surface area contributed by atoms with Crippen molar-refractivity contribution in [1.82, 2.24) is 0 Å². The lowest BCUT2D eigenvalue weighted by Crippen LogP contribution is -2.16. The highest BCUT2D eigenvalue weighted by Crippen LogP contribution is 2.40. The first-order chi connectivity index (χ1) is 10.1. The Labute approximate surface area is 136 Å². The van der Waals surface area contributed by atoms with Crippen molar-refractivity contribution in [2.75, 3.05) is 13.2 Å². The average Bonchev–Trinajstić information content (AvgIpc) is 2.46. The number of aliphatic hydroxyl groups is 1. The number of aliphatic hydroxyl groups excluding tert-OH is 1. The van der Waals surface area contributed by atoms with Gasteiger partial charge in [-0.3, -0.25) is 0 Å². The number of aryl methyl sites for hydroxylation is 1. The molecule has 110 valence electrons. The minimum Gasteiger partial charge on any atom is -0.486 e. The molecule has 1 atom stereocenters. The molecule has 0 amide bonds. The van der Waals surface area contributed by atoms with Crippen LogP contribution >= 0.6 is 27.5 Å². The monoisotopic (exact) mass is 368 g/mol. The van der Waals surface area contributed by atoms with Crippen molar-refractivity contribution in [3.05, 3.63) is 56.5 Å². The summed E-state index contributed by atoms with van der Waals surface area (Å²) in [6.07, 6.45) is -0.830. The van der Waals surface area contributed by atoms with Gasteiger partial charge in [-0.05, 0) is 30.7 Å². The van der Waals surface area contributed by atoms with Crippen molar-refractivity contribution in [3.8, 4) is 11.5 Å². The van der Waals surface area contributed by atoms with E-state index in [1.165, 1.54) is 0 Å². The van der Waals surface area contributed by atoms with E-state index in [1.54, 1.807) is 6.07 Å². The molecule has 0 saturated carbocycles. The summed E-state index contributed by atoms with van der Waals surface area (Å²) in [6, 6.07) is 9.21. The van der Waals surface area contributed by atoms with Crippen molar-refractivity contribution < 1.29 is 14.6 Å². The van der Waals surface area contributed by atoms with Crippen molar-refractivity contribution in [1.29, 1.82) is 0 Å². The normalized spacial score (nSPS) is 14.9. The molecule has 0 radical (unpaired) electrons. The third kappa shape index (κ3) is 2.89. The van der Waals surface area contributed by atoms with Crippen LogP contribution < -0.4 is 9.47 Å². The van der Waals surface area contributed by atoms with Crippen LogP contribution in [0.1, 0.15) is 22.8 Å². The molecule has 1 heterocycles. The summed E-state index contributed by atoms with van der Waals surface area (Å²) in [7, 11) is 0. The summed E-state index contributed by atoms with van der Waals surface area (Å²) in [6.45, 7) is 3.00. The molecular formula is C16H14BrClO3. The lowest BCUT2D eigenvalue weighted by molar-refractivity contribution is 0.169. The largest absolute Gasteiger partial charge is 0.486 e. The Morgan fingerprint density at radius 1 is 1.10 bits per heavy atom. The molecule has 0 aromatic heterocycles. The summed E-state index contributed by atoms with van der Waals surface area (Å²) in [5, 5.41) is 11.2. The van der Waals surface area contributed by atoms with E-state index in [0.29, 0.717) is 40.9 Å². The second-order valence-electron chi connectivity index (χ2n) is 4.94. The van der Waals surface area contributed by atoms with Crippen LogP contribution in [0.15, 0.2) is 34.8 Å². The Bertz CT molecular complexity index is 687. The Balaban J connectivity index is 2.03. The van der Waals surface area contributed by atoms with Gasteiger partial charge < -0.3 is 14.6 Å². The lowest BCUT2D eigenvalue weighted by Gasteiger charge is -2.22. The molecule has 0 fully saturated rings. The van der Waals surface area contributed by atoms with Crippen LogP contribution in [-0.2, 0) is 0 Å². The molecule has 21 heavy (non-hydrogen) atoms. The predicted molar refractivity (Wildman–Crippen MR) is 85.4 cm³/mol. The fraction of sp³-hybridized carbons (Fsp3) is 0.250. The van der Waals surface area contributed by atoms with Crippen molar-refractivity contribution in [2.24, 2.45) is 0 Å². The van der Waals surface area contributed by atoms with Gasteiger partial charge in [-0.15, -0.1) is 0 Å². The Morgan fingerprint density at radius 3 is 2.43 bits per heavy atom. The number of benzene rings is 2. The Morgan fingerprint density at radius 2 is 1.76 bits per heavy atom. The second-order valence-corrected chi connectivity index (χ2v) is 6.21. The van der Waals surface area contributed by atoms with Crippen LogP contribution in [0.3, 0.4) is 0 Å². The average molecular weight is 370 g/mol. The van der Waals surface area contributed by atoms with Gasteiger partial charge >= 0.3 is 0 Å². The quantitative estimate of drug-likeness (QED) is 0.859. The van der Waals surface area contributed by atoms with Gasteiger partial charge in [0.2, 0.25) is 0 Å². The SMILES string of the molecule is Cc1ccc(C(O)c2cc3c(cc2Br)OCCO3)c(Cl)c1. The number of fused-ring (bicyclic) bond motifs is 1. The smallest absolute Gasteiger partial charge is 0.162 e. The van der Waals surface area contributed by atoms with E-state index in [1.807, 2.05) is 31.2 Å². The van der Waals surface area contributed by atoms with Gasteiger partial charge in [0.25, 0.3) is 0 Å². The highest BCUT2D eigenvalue weighted by Gasteiger charge is 2.21. The van der Waals surface area contributed by atoms with Crippen LogP contribution in [0.2, 0.25) is 5.02 Å². The molecule has 3 rings (SSSR count). The van der Waals surface area contributed by atoms with Gasteiger partial charge in [-0.1, -0.05) is 39.7 Å². The molecule has 1 aliphatic rings. The van der Waals surface area contributed by atoms with Crippen LogP contribution in [-0.4, -0.2) is 18.3 Å². The summed E-state index contributed by atoms with van der Waals surface area (Å²) in [5.41, 5.74) is 2.42. The third-order valence-corrected chi connectivity index (χ3v) is 4.42. The molecule has 0 aliphatic carbocycles. The predicted octanol–water partition coefficient (Wildman–Crippen LogP) is 4.26. The van der Waals surface area contributed by atoms with Gasteiger partial charge in [-0.2, -0.15) is 0 Å². The first kappa shape index (κ1) is 14.7. The first-order valence-electron chi connectivity index (χ1n) is 6.59. The summed E-state index contributed by atoms with van der Waals surface area (Å²) in [4.78, 5) is 0. The molecule has 3 nitrogen and oxygen atoms in total. The van der Waals surface area contributed by atoms with Gasteiger partial charge in [0, 0.05) is 20.6 Å². The van der Waals surface area contributed by atoms with Gasteiger partial charge in [0.1, 0.15) is 19.3 Å². The molecule has 2 aromatic rings. The van der Waals surface area contributed by atoms with E-state index in [2.05, 4.69) is 15.9 Å². The van der Waals surface area contributed by atoms with E-state index >= 15 is 0 Å². The Hall–Kier alpha value is -1.23. The molecule has 1 aliphatic heterocycles. The van der Waals surface area contributed by atoms with Crippen molar-refractivity contribution in [2.45, 2.75) is 13.0 Å². The molecule has 1 N–H and O–H groups in total. The summed E-state index contributed by atoms with van der Waals surface area (Å²) >= 11 is 9.71. The topological polar surface area (TPSA) is 38.7 Å². The molecule has 0 bridgehead atoms. The minimum atomic E-state index is -0.830. The highest BCUT2D eigenvalue weighted by molar-refractivity contribution is 9.10. The van der Waals surface area contributed by atoms with E-state index < -0.39 is 6.10 Å². The number of rotatable bonds is 2. The van der Waals surface area contributed by atoms with Crippen LogP contribution in [0.25, 0.3) is 0 Å². The summed E-state index contributed by atoms with van der Waals surface area (Å²) in [5.74, 6) is 1.32. The minimum absolute atomic E-state index is 0.509. The van der Waals surface area contributed by atoms with E-state index in [4.69, 9.17) is 21.1 Å². The number of hydrogen-bond donors (Lipinski definition) is 1. The van der Waals surface area contributed by atoms with Gasteiger partial charge in [0.15, 0.2) is 11.5 Å². The van der Waals surface area contributed by atoms with Crippen molar-refractivity contribution >= 4 is 27.5 Å². The zero-order chi connectivity index (χ0) is 15.0. The van der Waals surface area contributed by atoms with Gasteiger partial charge in [0.05, 0.1) is 0 Å². The fourth-order valence-electron chi connectivity index (χ4n) is 2.31. The molecular weight excluding hydrogens is 356 g/mol. The van der Waals surface area contributed by atoms with E-state index in [-0.39, 0.29) is 0 Å². The maximum absolute atomic E-state index is 10.6. The fourth-order valence-corrected chi connectivity index (χ4v) is 3.19. The van der Waals surface area contributed by atoms with Crippen molar-refractivity contribution in [3.63, 3.8) is 0 Å². The highest BCUT2D eigenvalue weighted by atomic mass is 79.9. The van der Waals surface area contributed by atoms with Crippen LogP contribution in [0, 0.1) is 6.92 Å². The van der Waals surface area contributed by atoms with Crippen LogP contribution in [0.4, 0.5) is 0 Å². The molecule has 2 aromatic carbocycles. The third-order valence-electron chi connectivity index (χ3n) is 3.41. The van der Waals surface area contributed by atoms with Gasteiger partial charge in [-0.25, -0.2) is 0 Å². The van der Waals surface area contributed by atoms with E-state index in [9.17, 15) is 5.11 Å². The second kappa shape index (κ2) is 5.87. The Kier molecular flexibility index (Phi) is 4.11. The maximum atomic E-state index is 10.6. The summed E-state index contributed by atoms with van der Waals surface area (Å²) < 4.78 is 11.8. The zero-order valence-corrected chi connectivity index (χ0v) is 13.7. The molecule has 5 heteroatoms. The molecule has 0 saturated heterocycles. The molecule has 1 unspecified atom stereocenters. The number of ether oxygens (including phenoxy) is 2. The first-order valence-corrected chi connectivity index (χ1v) is 7.76. The lowest BCUT2D eigenvalue weighted by atomic mass is 10.00. The standard InChI is InChI=1S/C16H14BrClO3/c1-9-2-3-10(13(18)6-9)16(19)11-7-14-15(8-12(11)17)21-5-4-20-14/h2-3,6-8,16,19H,4-5H2,1H3. The van der Waals surface area contributed by atoms with Crippen LogP contribution in [0.5, 0.6) is 11.5 Å². The maximum Gasteiger partial charge on any atom is 0.162 e. The van der Waals surface area contributed by atoms with E-state index in [0.717, 1.165) is 10.0 Å². The number of hydrogen-bond acceptors (Lipinski definition) is 3. The zero-order valence-electron chi connectivity index (χ0n) is 11.4.